The number of nitrogens with zero attached hydrogens (tertiary/aromatic N) is 2. The van der Waals surface area contributed by atoms with Gasteiger partial charge >= 0.3 is 6.03 Å². The van der Waals surface area contributed by atoms with Crippen molar-refractivity contribution in [2.75, 3.05) is 25.2 Å². The molecule has 2 aliphatic rings. The molecule has 2 atom stereocenters. The quantitative estimate of drug-likeness (QED) is 0.214. The van der Waals surface area contributed by atoms with E-state index in [1.807, 2.05) is 62.4 Å². The first-order valence-corrected chi connectivity index (χ1v) is 14.3. The molecule has 0 aliphatic carbocycles. The normalized spacial score (nSPS) is 18.0. The first-order chi connectivity index (χ1) is 20.4. The van der Waals surface area contributed by atoms with Crippen LogP contribution in [0.3, 0.4) is 0 Å². The van der Waals surface area contributed by atoms with Crippen molar-refractivity contribution in [2.24, 2.45) is 0 Å². The van der Waals surface area contributed by atoms with E-state index in [0.717, 1.165) is 27.7 Å². The molecule has 9 nitrogen and oxygen atoms in total. The predicted molar refractivity (Wildman–Crippen MR) is 160 cm³/mol. The molecule has 1 aromatic heterocycles. The Bertz CT molecular complexity index is 1640. The molecule has 6 rings (SSSR count). The molecule has 0 spiro atoms. The summed E-state index contributed by atoms with van der Waals surface area (Å²) in [6.45, 7) is 5.01. The Labute approximate surface area is 244 Å². The van der Waals surface area contributed by atoms with Crippen LogP contribution >= 0.6 is 0 Å². The van der Waals surface area contributed by atoms with Crippen molar-refractivity contribution in [3.63, 3.8) is 0 Å². The first-order valence-electron chi connectivity index (χ1n) is 14.3. The van der Waals surface area contributed by atoms with Crippen molar-refractivity contribution in [3.8, 4) is 5.75 Å². The van der Waals surface area contributed by atoms with Crippen LogP contribution in [0.1, 0.15) is 53.5 Å². The number of aromatic amines is 1. The SMILES string of the molecule is COc1cccc(C2c3[nH]c4ccccc4c3C[C@H]3C(=O)N(c4ccc(C(=O)NCCCOC(C)C)cc4)C(=O)N23)c1. The Morgan fingerprint density at radius 2 is 1.83 bits per heavy atom. The number of fused-ring (bicyclic) bond motifs is 4. The average Bonchev–Trinajstić information content (AvgIpc) is 3.49. The number of methoxy groups -OCH3 is 1. The molecule has 1 unspecified atom stereocenters. The van der Waals surface area contributed by atoms with Crippen molar-refractivity contribution in [3.05, 3.63) is 95.2 Å². The molecule has 3 aromatic carbocycles. The van der Waals surface area contributed by atoms with Gasteiger partial charge in [0, 0.05) is 41.7 Å². The lowest BCUT2D eigenvalue weighted by Gasteiger charge is -2.36. The third kappa shape index (κ3) is 4.90. The van der Waals surface area contributed by atoms with Gasteiger partial charge in [0.15, 0.2) is 0 Å². The highest BCUT2D eigenvalue weighted by Gasteiger charge is 2.53. The molecule has 1 saturated heterocycles. The fourth-order valence-corrected chi connectivity index (χ4v) is 5.93. The summed E-state index contributed by atoms with van der Waals surface area (Å²) in [6.07, 6.45) is 1.27. The van der Waals surface area contributed by atoms with Crippen molar-refractivity contribution in [1.82, 2.24) is 15.2 Å². The first kappa shape index (κ1) is 27.5. The monoisotopic (exact) mass is 566 g/mol. The Morgan fingerprint density at radius 3 is 2.60 bits per heavy atom. The minimum Gasteiger partial charge on any atom is -0.497 e. The van der Waals surface area contributed by atoms with Gasteiger partial charge in [-0.1, -0.05) is 30.3 Å². The van der Waals surface area contributed by atoms with Crippen LogP contribution in [0.2, 0.25) is 0 Å². The van der Waals surface area contributed by atoms with Gasteiger partial charge in [0.25, 0.3) is 11.8 Å². The van der Waals surface area contributed by atoms with Gasteiger partial charge in [-0.25, -0.2) is 9.69 Å². The topological polar surface area (TPSA) is 104 Å². The second-order valence-corrected chi connectivity index (χ2v) is 10.9. The van der Waals surface area contributed by atoms with Crippen molar-refractivity contribution < 1.29 is 23.9 Å². The fourth-order valence-electron chi connectivity index (χ4n) is 5.93. The zero-order valence-electron chi connectivity index (χ0n) is 23.9. The number of para-hydroxylation sites is 1. The van der Waals surface area contributed by atoms with Crippen LogP contribution in [0.15, 0.2) is 72.8 Å². The number of H-pyrrole nitrogens is 1. The van der Waals surface area contributed by atoms with Gasteiger partial charge in [-0.15, -0.1) is 0 Å². The number of hydrogen-bond acceptors (Lipinski definition) is 5. The van der Waals surface area contributed by atoms with Gasteiger partial charge in [0.05, 0.1) is 18.9 Å². The van der Waals surface area contributed by atoms with Crippen molar-refractivity contribution in [1.29, 1.82) is 0 Å². The minimum absolute atomic E-state index is 0.152. The summed E-state index contributed by atoms with van der Waals surface area (Å²) in [5, 5.41) is 3.93. The molecule has 3 heterocycles. The van der Waals surface area contributed by atoms with Gasteiger partial charge in [0.2, 0.25) is 0 Å². The third-order valence-corrected chi connectivity index (χ3v) is 7.90. The van der Waals surface area contributed by atoms with E-state index in [4.69, 9.17) is 9.47 Å². The molecule has 42 heavy (non-hydrogen) atoms. The second-order valence-electron chi connectivity index (χ2n) is 10.9. The number of ether oxygens (including phenoxy) is 2. The number of amides is 4. The van der Waals surface area contributed by atoms with E-state index in [1.54, 1.807) is 36.3 Å². The fraction of sp³-hybridized carbons (Fsp3) is 0.303. The molecule has 2 aliphatic heterocycles. The number of anilines is 1. The van der Waals surface area contributed by atoms with E-state index >= 15 is 0 Å². The molecule has 0 saturated carbocycles. The summed E-state index contributed by atoms with van der Waals surface area (Å²) < 4.78 is 11.0. The number of nitrogens with one attached hydrogen (secondary N) is 2. The maximum Gasteiger partial charge on any atom is 0.332 e. The number of carbonyl (C=O) groups is 3. The molecule has 0 bridgehead atoms. The minimum atomic E-state index is -0.670. The number of aromatic nitrogens is 1. The van der Waals surface area contributed by atoms with Gasteiger partial charge in [0.1, 0.15) is 17.8 Å². The molecule has 2 N–H and O–H groups in total. The zero-order valence-corrected chi connectivity index (χ0v) is 23.9. The van der Waals surface area contributed by atoms with Crippen LogP contribution in [0.25, 0.3) is 10.9 Å². The molecule has 9 heteroatoms. The van der Waals surface area contributed by atoms with E-state index in [9.17, 15) is 14.4 Å². The maximum absolute atomic E-state index is 14.1. The van der Waals surface area contributed by atoms with Crippen LogP contribution in [-0.2, 0) is 16.0 Å². The zero-order chi connectivity index (χ0) is 29.4. The lowest BCUT2D eigenvalue weighted by atomic mass is 9.89. The Kier molecular flexibility index (Phi) is 7.43. The Morgan fingerprint density at radius 1 is 1.05 bits per heavy atom. The number of imide groups is 1. The van der Waals surface area contributed by atoms with Crippen LogP contribution < -0.4 is 15.0 Å². The number of carbonyl (C=O) groups excluding carboxylic acids is 3. The lowest BCUT2D eigenvalue weighted by Crippen LogP contribution is -2.44. The summed E-state index contributed by atoms with van der Waals surface area (Å²) in [5.41, 5.74) is 4.63. The van der Waals surface area contributed by atoms with E-state index in [0.29, 0.717) is 43.0 Å². The van der Waals surface area contributed by atoms with Crippen LogP contribution in [0.4, 0.5) is 10.5 Å². The van der Waals surface area contributed by atoms with Crippen molar-refractivity contribution >= 4 is 34.4 Å². The highest BCUT2D eigenvalue weighted by atomic mass is 16.5. The number of rotatable bonds is 9. The summed E-state index contributed by atoms with van der Waals surface area (Å²) in [7, 11) is 1.61. The highest BCUT2D eigenvalue weighted by Crippen LogP contribution is 2.45. The number of urea groups is 1. The van der Waals surface area contributed by atoms with Crippen LogP contribution in [-0.4, -0.2) is 60.1 Å². The van der Waals surface area contributed by atoms with Gasteiger partial charge in [-0.05, 0) is 73.9 Å². The standard InChI is InChI=1S/C33H34N4O5/c1-20(2)42-17-7-16-34-31(38)21-12-14-23(15-13-21)36-32(39)28-19-26-25-10-4-5-11-27(25)35-29(26)30(37(28)33(36)40)22-8-6-9-24(18-22)41-3/h4-6,8-15,18,20,28,30,35H,7,16-17,19H2,1-3H3,(H,34,38)/t28-,30?/m0/s1. The number of hydrogen-bond donors (Lipinski definition) is 2. The van der Waals surface area contributed by atoms with Crippen LogP contribution in [0.5, 0.6) is 5.75 Å². The Balaban J connectivity index is 1.29. The van der Waals surface area contributed by atoms with E-state index in [-0.39, 0.29) is 17.9 Å². The largest absolute Gasteiger partial charge is 0.497 e. The van der Waals surface area contributed by atoms with E-state index < -0.39 is 18.1 Å². The van der Waals surface area contributed by atoms with Crippen molar-refractivity contribution in [2.45, 2.75) is 44.9 Å². The molecule has 4 aromatic rings. The second kappa shape index (κ2) is 11.3. The summed E-state index contributed by atoms with van der Waals surface area (Å²) in [5.74, 6) is 0.167. The number of benzene rings is 3. The average molecular weight is 567 g/mol. The molecule has 4 amide bonds. The van der Waals surface area contributed by atoms with E-state index in [1.165, 1.54) is 4.90 Å². The lowest BCUT2D eigenvalue weighted by molar-refractivity contribution is -0.120. The summed E-state index contributed by atoms with van der Waals surface area (Å²) in [4.78, 5) is 47.1. The van der Waals surface area contributed by atoms with E-state index in [2.05, 4.69) is 10.3 Å². The Hall–Kier alpha value is -4.63. The third-order valence-electron chi connectivity index (χ3n) is 7.90. The summed E-state index contributed by atoms with van der Waals surface area (Å²) >= 11 is 0. The summed E-state index contributed by atoms with van der Waals surface area (Å²) in [6, 6.07) is 20.6. The van der Waals surface area contributed by atoms with Gasteiger partial charge in [-0.3, -0.25) is 14.5 Å². The molecular formula is C33H34N4O5. The molecule has 216 valence electrons. The highest BCUT2D eigenvalue weighted by molar-refractivity contribution is 6.22. The molecule has 0 radical (unpaired) electrons. The maximum atomic E-state index is 14.1. The molecular weight excluding hydrogens is 532 g/mol. The molecule has 1 fully saturated rings. The van der Waals surface area contributed by atoms with Gasteiger partial charge in [-0.2, -0.15) is 0 Å². The van der Waals surface area contributed by atoms with Gasteiger partial charge < -0.3 is 19.8 Å². The predicted octanol–water partition coefficient (Wildman–Crippen LogP) is 5.20. The van der Waals surface area contributed by atoms with Crippen LogP contribution in [0, 0.1) is 0 Å². The smallest absolute Gasteiger partial charge is 0.332 e.